The van der Waals surface area contributed by atoms with Crippen LogP contribution in [0.5, 0.6) is 0 Å². The Kier molecular flexibility index (Phi) is 5.31. The summed E-state index contributed by atoms with van der Waals surface area (Å²) in [5.41, 5.74) is -0.531. The molecule has 0 atom stereocenters. The minimum atomic E-state index is -2.58. The van der Waals surface area contributed by atoms with Crippen LogP contribution in [0.4, 0.5) is 8.78 Å². The molecule has 19 heavy (non-hydrogen) atoms. The van der Waals surface area contributed by atoms with Crippen LogP contribution in [0, 0.1) is 0 Å². The summed E-state index contributed by atoms with van der Waals surface area (Å²) in [5.74, 6) is -2.96. The molecule has 0 fully saturated rings. The zero-order chi connectivity index (χ0) is 14.6. The van der Waals surface area contributed by atoms with Gasteiger partial charge in [-0.05, 0) is 26.0 Å². The Morgan fingerprint density at radius 2 is 2.00 bits per heavy atom. The van der Waals surface area contributed by atoms with Crippen LogP contribution in [0.3, 0.4) is 0 Å². The lowest BCUT2D eigenvalue weighted by atomic mass is 10.0. The van der Waals surface area contributed by atoms with Crippen molar-refractivity contribution >= 4 is 17.7 Å². The first-order valence-electron chi connectivity index (χ1n) is 5.72. The maximum Gasteiger partial charge on any atom is 0.288 e. The highest BCUT2D eigenvalue weighted by Gasteiger charge is 2.29. The van der Waals surface area contributed by atoms with Crippen molar-refractivity contribution in [2.24, 2.45) is 0 Å². The van der Waals surface area contributed by atoms with E-state index in [0.717, 1.165) is 0 Å². The summed E-state index contributed by atoms with van der Waals surface area (Å²) in [6.45, 7) is 3.20. The van der Waals surface area contributed by atoms with Gasteiger partial charge in [-0.2, -0.15) is 8.78 Å². The van der Waals surface area contributed by atoms with Crippen LogP contribution in [-0.2, 0) is 0 Å². The van der Waals surface area contributed by atoms with Gasteiger partial charge >= 0.3 is 0 Å². The molecule has 1 aromatic carbocycles. The summed E-state index contributed by atoms with van der Waals surface area (Å²) in [7, 11) is 1.54. The van der Waals surface area contributed by atoms with Gasteiger partial charge in [0.05, 0.1) is 17.7 Å². The van der Waals surface area contributed by atoms with Crippen LogP contribution in [-0.4, -0.2) is 40.9 Å². The van der Waals surface area contributed by atoms with Gasteiger partial charge in [-0.3, -0.25) is 4.79 Å². The number of nitrogens with zero attached hydrogens (tertiary/aromatic N) is 1. The van der Waals surface area contributed by atoms with E-state index in [1.54, 1.807) is 33.0 Å². The van der Waals surface area contributed by atoms with E-state index in [1.165, 1.54) is 17.0 Å². The van der Waals surface area contributed by atoms with Gasteiger partial charge in [-0.15, -0.1) is 0 Å². The molecular weight excluding hydrogens is 272 g/mol. The van der Waals surface area contributed by atoms with Crippen molar-refractivity contribution in [1.82, 2.24) is 4.90 Å². The van der Waals surface area contributed by atoms with E-state index in [9.17, 15) is 18.7 Å². The molecule has 1 aromatic rings. The molecule has 1 N–H and O–H groups in total. The van der Waals surface area contributed by atoms with E-state index < -0.39 is 11.3 Å². The van der Waals surface area contributed by atoms with E-state index in [0.29, 0.717) is 11.8 Å². The molecule has 6 heteroatoms. The lowest BCUT2D eigenvalue weighted by molar-refractivity contribution is 0.0470. The van der Waals surface area contributed by atoms with Crippen molar-refractivity contribution in [3.05, 3.63) is 29.8 Å². The summed E-state index contributed by atoms with van der Waals surface area (Å²) >= 11 is 0.346. The van der Waals surface area contributed by atoms with Gasteiger partial charge in [-0.25, -0.2) is 0 Å². The van der Waals surface area contributed by atoms with Crippen molar-refractivity contribution in [3.63, 3.8) is 0 Å². The first kappa shape index (κ1) is 15.9. The predicted octanol–water partition coefficient (Wildman–Crippen LogP) is 2.84. The van der Waals surface area contributed by atoms with Crippen LogP contribution in [0.2, 0.25) is 0 Å². The fraction of sp³-hybridized carbons (Fsp3) is 0.462. The Hall–Kier alpha value is -1.14. The maximum absolute atomic E-state index is 12.5. The molecule has 0 aliphatic carbocycles. The molecule has 0 saturated heterocycles. The van der Waals surface area contributed by atoms with E-state index in [2.05, 4.69) is 0 Å². The Morgan fingerprint density at radius 3 is 2.53 bits per heavy atom. The molecular formula is C13H17F2NO2S. The zero-order valence-electron chi connectivity index (χ0n) is 11.1. The number of hydrogen-bond acceptors (Lipinski definition) is 3. The SMILES string of the molecule is CN(C(=O)c1ccccc1SC(F)F)C(C)(C)CO. The van der Waals surface area contributed by atoms with Crippen LogP contribution >= 0.6 is 11.8 Å². The molecule has 1 amide bonds. The first-order chi connectivity index (χ1) is 8.79. The quantitative estimate of drug-likeness (QED) is 0.847. The van der Waals surface area contributed by atoms with Crippen molar-refractivity contribution in [3.8, 4) is 0 Å². The van der Waals surface area contributed by atoms with Crippen LogP contribution in [0.25, 0.3) is 0 Å². The molecule has 0 bridgehead atoms. The average Bonchev–Trinajstić information content (AvgIpc) is 2.37. The highest BCUT2D eigenvalue weighted by molar-refractivity contribution is 7.99. The lowest BCUT2D eigenvalue weighted by Crippen LogP contribution is -2.47. The number of likely N-dealkylation sites (N-methyl/N-ethyl adjacent to an activating group) is 1. The highest BCUT2D eigenvalue weighted by Crippen LogP contribution is 2.29. The van der Waals surface area contributed by atoms with E-state index in [-0.39, 0.29) is 23.0 Å². The fourth-order valence-corrected chi connectivity index (χ4v) is 2.04. The Morgan fingerprint density at radius 1 is 1.42 bits per heavy atom. The third kappa shape index (κ3) is 3.91. The van der Waals surface area contributed by atoms with Crippen molar-refractivity contribution in [2.45, 2.75) is 30.0 Å². The number of alkyl halides is 2. The number of thioether (sulfide) groups is 1. The Bertz CT molecular complexity index is 452. The van der Waals surface area contributed by atoms with Gasteiger partial charge < -0.3 is 10.0 Å². The topological polar surface area (TPSA) is 40.5 Å². The van der Waals surface area contributed by atoms with Gasteiger partial charge in [0, 0.05) is 11.9 Å². The third-order valence-electron chi connectivity index (χ3n) is 2.93. The molecule has 3 nitrogen and oxygen atoms in total. The van der Waals surface area contributed by atoms with Gasteiger partial charge in [0.25, 0.3) is 11.7 Å². The smallest absolute Gasteiger partial charge is 0.288 e. The van der Waals surface area contributed by atoms with Gasteiger partial charge in [-0.1, -0.05) is 23.9 Å². The second-order valence-electron chi connectivity index (χ2n) is 4.71. The molecule has 1 rings (SSSR count). The van der Waals surface area contributed by atoms with Gasteiger partial charge in [0.1, 0.15) is 0 Å². The molecule has 0 unspecified atom stereocenters. The van der Waals surface area contributed by atoms with Crippen LogP contribution in [0.1, 0.15) is 24.2 Å². The number of halogens is 2. The lowest BCUT2D eigenvalue weighted by Gasteiger charge is -2.34. The van der Waals surface area contributed by atoms with E-state index in [4.69, 9.17) is 0 Å². The fourth-order valence-electron chi connectivity index (χ4n) is 1.40. The third-order valence-corrected chi connectivity index (χ3v) is 3.72. The molecule has 106 valence electrons. The van der Waals surface area contributed by atoms with E-state index >= 15 is 0 Å². The van der Waals surface area contributed by atoms with Crippen molar-refractivity contribution in [1.29, 1.82) is 0 Å². The first-order valence-corrected chi connectivity index (χ1v) is 6.60. The van der Waals surface area contributed by atoms with Crippen LogP contribution in [0.15, 0.2) is 29.2 Å². The number of carbonyl (C=O) groups excluding carboxylic acids is 1. The number of amides is 1. The number of aliphatic hydroxyl groups is 1. The Labute approximate surface area is 115 Å². The second-order valence-corrected chi connectivity index (χ2v) is 5.74. The highest BCUT2D eigenvalue weighted by atomic mass is 32.2. The number of rotatable bonds is 5. The number of hydrogen-bond donors (Lipinski definition) is 1. The summed E-state index contributed by atoms with van der Waals surface area (Å²) in [5, 5.41) is 9.26. The Balaban J connectivity index is 3.06. The van der Waals surface area contributed by atoms with Crippen LogP contribution < -0.4 is 0 Å². The summed E-state index contributed by atoms with van der Waals surface area (Å²) in [6.07, 6.45) is 0. The number of carbonyl (C=O) groups is 1. The van der Waals surface area contributed by atoms with Gasteiger partial charge in [0.15, 0.2) is 0 Å². The van der Waals surface area contributed by atoms with Gasteiger partial charge in [0.2, 0.25) is 0 Å². The molecule has 0 saturated carbocycles. The molecule has 0 aliphatic heterocycles. The standard InChI is InChI=1S/C13H17F2NO2S/c1-13(2,8-17)16(3)11(18)9-6-4-5-7-10(9)19-12(14)15/h4-7,12,17H,8H2,1-3H3. The minimum absolute atomic E-state index is 0.209. The minimum Gasteiger partial charge on any atom is -0.394 e. The van der Waals surface area contributed by atoms with Crippen molar-refractivity contribution in [2.75, 3.05) is 13.7 Å². The summed E-state index contributed by atoms with van der Waals surface area (Å²) in [4.78, 5) is 13.9. The molecule has 0 aromatic heterocycles. The summed E-state index contributed by atoms with van der Waals surface area (Å²) < 4.78 is 24.9. The number of benzene rings is 1. The largest absolute Gasteiger partial charge is 0.394 e. The zero-order valence-corrected chi connectivity index (χ0v) is 11.9. The monoisotopic (exact) mass is 289 g/mol. The molecule has 0 aliphatic rings. The number of aliphatic hydroxyl groups excluding tert-OH is 1. The normalized spacial score (nSPS) is 11.7. The summed E-state index contributed by atoms with van der Waals surface area (Å²) in [6, 6.07) is 6.24. The predicted molar refractivity (Wildman–Crippen MR) is 71.6 cm³/mol. The maximum atomic E-state index is 12.5. The molecule has 0 radical (unpaired) electrons. The second kappa shape index (κ2) is 6.34. The molecule has 0 heterocycles. The average molecular weight is 289 g/mol. The molecule has 0 spiro atoms. The van der Waals surface area contributed by atoms with Crippen molar-refractivity contribution < 1.29 is 18.7 Å². The van der Waals surface area contributed by atoms with E-state index in [1.807, 2.05) is 0 Å².